The summed E-state index contributed by atoms with van der Waals surface area (Å²) in [5.74, 6) is 1.15. The fourth-order valence-corrected chi connectivity index (χ4v) is 5.12. The summed E-state index contributed by atoms with van der Waals surface area (Å²) in [4.78, 5) is 28.7. The van der Waals surface area contributed by atoms with Crippen molar-refractivity contribution in [1.82, 2.24) is 15.3 Å². The van der Waals surface area contributed by atoms with Gasteiger partial charge in [-0.1, -0.05) is 25.1 Å². The van der Waals surface area contributed by atoms with Crippen molar-refractivity contribution in [2.45, 2.75) is 32.6 Å². The Morgan fingerprint density at radius 2 is 2.13 bits per heavy atom. The van der Waals surface area contributed by atoms with Crippen LogP contribution in [0, 0.1) is 5.92 Å². The molecule has 1 aliphatic rings. The number of para-hydroxylation sites is 1. The minimum Gasteiger partial charge on any atom is -0.375 e. The van der Waals surface area contributed by atoms with Crippen LogP contribution in [0.5, 0.6) is 0 Å². The molecule has 0 aliphatic carbocycles. The maximum absolute atomic E-state index is 12.8. The third-order valence-corrected chi connectivity index (χ3v) is 7.15. The van der Waals surface area contributed by atoms with Gasteiger partial charge in [0.1, 0.15) is 17.0 Å². The Balaban J connectivity index is 1.30. The van der Waals surface area contributed by atoms with Gasteiger partial charge in [-0.15, -0.1) is 11.3 Å². The van der Waals surface area contributed by atoms with E-state index in [0.29, 0.717) is 6.54 Å². The summed E-state index contributed by atoms with van der Waals surface area (Å²) in [5, 5.41) is 4.28. The molecule has 1 N–H and O–H groups in total. The number of carbonyl (C=O) groups is 1. The molecule has 0 unspecified atom stereocenters. The Morgan fingerprint density at radius 1 is 1.29 bits per heavy atom. The zero-order valence-electron chi connectivity index (χ0n) is 18.4. The molecule has 2 aromatic heterocycles. The molecule has 4 rings (SSSR count). The number of amides is 1. The largest absolute Gasteiger partial charge is 0.375 e. The number of anilines is 2. The second-order valence-electron chi connectivity index (χ2n) is 8.17. The van der Waals surface area contributed by atoms with Gasteiger partial charge in [0.15, 0.2) is 0 Å². The van der Waals surface area contributed by atoms with E-state index in [1.807, 2.05) is 18.2 Å². The van der Waals surface area contributed by atoms with Crippen LogP contribution in [0.4, 0.5) is 11.5 Å². The van der Waals surface area contributed by atoms with E-state index in [-0.39, 0.29) is 11.8 Å². The molecular formula is C24H31N5OS. The van der Waals surface area contributed by atoms with E-state index in [1.54, 1.807) is 17.7 Å². The molecule has 164 valence electrons. The predicted octanol–water partition coefficient (Wildman–Crippen LogP) is 4.11. The summed E-state index contributed by atoms with van der Waals surface area (Å²) in [6, 6.07) is 12.5. The average molecular weight is 438 g/mol. The molecule has 3 heterocycles. The Labute approximate surface area is 188 Å². The molecule has 1 aromatic carbocycles. The lowest BCUT2D eigenvalue weighted by Crippen LogP contribution is -2.44. The van der Waals surface area contributed by atoms with E-state index < -0.39 is 0 Å². The lowest BCUT2D eigenvalue weighted by molar-refractivity contribution is -0.125. The number of nitrogens with one attached hydrogen (secondary N) is 1. The highest BCUT2D eigenvalue weighted by atomic mass is 32.1. The van der Waals surface area contributed by atoms with Crippen molar-refractivity contribution < 1.29 is 4.79 Å². The molecule has 0 radical (unpaired) electrons. The van der Waals surface area contributed by atoms with Crippen LogP contribution >= 0.6 is 11.3 Å². The van der Waals surface area contributed by atoms with Crippen molar-refractivity contribution in [3.63, 3.8) is 0 Å². The molecule has 1 amide bonds. The summed E-state index contributed by atoms with van der Waals surface area (Å²) in [7, 11) is 2.09. The number of piperidine rings is 1. The maximum atomic E-state index is 12.8. The van der Waals surface area contributed by atoms with Crippen molar-refractivity contribution in [2.75, 3.05) is 43.0 Å². The second-order valence-corrected chi connectivity index (χ2v) is 9.28. The highest BCUT2D eigenvalue weighted by Gasteiger charge is 2.27. The average Bonchev–Trinajstić information content (AvgIpc) is 3.26. The van der Waals surface area contributed by atoms with Crippen LogP contribution in [-0.4, -0.2) is 49.1 Å². The third-order valence-electron chi connectivity index (χ3n) is 5.97. The number of hydrogen-bond donors (Lipinski definition) is 1. The number of rotatable bonds is 8. The van der Waals surface area contributed by atoms with Gasteiger partial charge in [0.05, 0.1) is 11.3 Å². The summed E-state index contributed by atoms with van der Waals surface area (Å²) < 4.78 is 0. The van der Waals surface area contributed by atoms with Gasteiger partial charge in [-0.2, -0.15) is 0 Å². The number of aryl methyl sites for hydroxylation is 1. The number of thiophene rings is 1. The normalized spacial score (nSPS) is 16.5. The first kappa shape index (κ1) is 21.6. The van der Waals surface area contributed by atoms with Gasteiger partial charge < -0.3 is 15.1 Å². The molecule has 1 saturated heterocycles. The van der Waals surface area contributed by atoms with E-state index in [0.717, 1.165) is 61.4 Å². The third kappa shape index (κ3) is 5.15. The standard InChI is InChI=1S/C24H31N5OS/c1-3-20-15-21-22(26-17-27-24(21)31-20)29-14-7-9-18(16-29)23(30)25-12-8-13-28(2)19-10-5-4-6-11-19/h4-6,10-11,15,17-18H,3,7-9,12-14,16H2,1-2H3,(H,25,30)/t18-/m1/s1. The van der Waals surface area contributed by atoms with Crippen molar-refractivity contribution in [1.29, 1.82) is 0 Å². The second kappa shape index (κ2) is 10.1. The number of fused-ring (bicyclic) bond motifs is 1. The Bertz CT molecular complexity index is 1010. The van der Waals surface area contributed by atoms with Gasteiger partial charge in [-0.05, 0) is 43.9 Å². The Kier molecular flexibility index (Phi) is 7.02. The molecule has 1 fully saturated rings. The quantitative estimate of drug-likeness (QED) is 0.537. The predicted molar refractivity (Wildman–Crippen MR) is 129 cm³/mol. The van der Waals surface area contributed by atoms with Gasteiger partial charge in [0.25, 0.3) is 0 Å². The minimum absolute atomic E-state index is 0.00917. The van der Waals surface area contributed by atoms with E-state index in [9.17, 15) is 4.79 Å². The maximum Gasteiger partial charge on any atom is 0.224 e. The van der Waals surface area contributed by atoms with E-state index in [1.165, 1.54) is 10.6 Å². The number of hydrogen-bond acceptors (Lipinski definition) is 6. The van der Waals surface area contributed by atoms with Crippen molar-refractivity contribution in [3.8, 4) is 0 Å². The fourth-order valence-electron chi connectivity index (χ4n) is 4.19. The Hall–Kier alpha value is -2.67. The van der Waals surface area contributed by atoms with Crippen molar-refractivity contribution in [2.24, 2.45) is 5.92 Å². The zero-order valence-corrected chi connectivity index (χ0v) is 19.2. The molecule has 1 aliphatic heterocycles. The number of carbonyl (C=O) groups excluding carboxylic acids is 1. The van der Waals surface area contributed by atoms with Crippen LogP contribution in [0.2, 0.25) is 0 Å². The molecule has 0 saturated carbocycles. The van der Waals surface area contributed by atoms with Crippen molar-refractivity contribution in [3.05, 3.63) is 47.6 Å². The van der Waals surface area contributed by atoms with Crippen LogP contribution in [-0.2, 0) is 11.2 Å². The summed E-state index contributed by atoms with van der Waals surface area (Å²) >= 11 is 1.74. The first-order valence-electron chi connectivity index (χ1n) is 11.2. The molecular weight excluding hydrogens is 406 g/mol. The molecule has 1 atom stereocenters. The summed E-state index contributed by atoms with van der Waals surface area (Å²) in [5.41, 5.74) is 1.20. The summed E-state index contributed by atoms with van der Waals surface area (Å²) in [6.45, 7) is 5.44. The van der Waals surface area contributed by atoms with Gasteiger partial charge >= 0.3 is 0 Å². The van der Waals surface area contributed by atoms with Crippen molar-refractivity contribution >= 4 is 39.0 Å². The SMILES string of the molecule is CCc1cc2c(N3CCC[C@@H](C(=O)NCCCN(C)c4ccccc4)C3)ncnc2s1. The zero-order chi connectivity index (χ0) is 21.6. The number of benzene rings is 1. The molecule has 3 aromatic rings. The number of aromatic nitrogens is 2. The lowest BCUT2D eigenvalue weighted by atomic mass is 9.97. The smallest absolute Gasteiger partial charge is 0.224 e. The van der Waals surface area contributed by atoms with Crippen LogP contribution in [0.15, 0.2) is 42.7 Å². The van der Waals surface area contributed by atoms with Crippen LogP contribution < -0.4 is 15.1 Å². The first-order valence-corrected chi connectivity index (χ1v) is 12.0. The van der Waals surface area contributed by atoms with Crippen LogP contribution in [0.25, 0.3) is 10.2 Å². The van der Waals surface area contributed by atoms with Gasteiger partial charge in [0.2, 0.25) is 5.91 Å². The highest BCUT2D eigenvalue weighted by molar-refractivity contribution is 7.18. The molecule has 0 bridgehead atoms. The monoisotopic (exact) mass is 437 g/mol. The van der Waals surface area contributed by atoms with Gasteiger partial charge in [-0.3, -0.25) is 4.79 Å². The highest BCUT2D eigenvalue weighted by Crippen LogP contribution is 2.32. The first-order chi connectivity index (χ1) is 15.2. The minimum atomic E-state index is 0.00917. The van der Waals surface area contributed by atoms with E-state index in [2.05, 4.69) is 57.3 Å². The summed E-state index contributed by atoms with van der Waals surface area (Å²) in [6.07, 6.45) is 5.52. The number of nitrogens with zero attached hydrogens (tertiary/aromatic N) is 4. The van der Waals surface area contributed by atoms with Crippen LogP contribution in [0.1, 0.15) is 31.1 Å². The van der Waals surface area contributed by atoms with E-state index in [4.69, 9.17) is 0 Å². The topological polar surface area (TPSA) is 61.4 Å². The lowest BCUT2D eigenvalue weighted by Gasteiger charge is -2.33. The van der Waals surface area contributed by atoms with Gasteiger partial charge in [-0.25, -0.2) is 9.97 Å². The molecule has 6 nitrogen and oxygen atoms in total. The van der Waals surface area contributed by atoms with Gasteiger partial charge in [0, 0.05) is 43.8 Å². The van der Waals surface area contributed by atoms with Crippen LogP contribution in [0.3, 0.4) is 0 Å². The van der Waals surface area contributed by atoms with E-state index >= 15 is 0 Å². The Morgan fingerprint density at radius 3 is 2.94 bits per heavy atom. The molecule has 7 heteroatoms. The fraction of sp³-hybridized carbons (Fsp3) is 0.458. The molecule has 31 heavy (non-hydrogen) atoms. The molecule has 0 spiro atoms.